The quantitative estimate of drug-likeness (QED) is 0.820. The van der Waals surface area contributed by atoms with Gasteiger partial charge in [-0.3, -0.25) is 4.79 Å². The van der Waals surface area contributed by atoms with Crippen LogP contribution in [0.4, 0.5) is 0 Å². The van der Waals surface area contributed by atoms with Gasteiger partial charge in [-0.25, -0.2) is 0 Å². The number of hydrogen-bond donors (Lipinski definition) is 2. The van der Waals surface area contributed by atoms with Gasteiger partial charge in [0.15, 0.2) is 0 Å². The fourth-order valence-electron chi connectivity index (χ4n) is 2.43. The first-order valence-corrected chi connectivity index (χ1v) is 7.31. The predicted molar refractivity (Wildman–Crippen MR) is 80.6 cm³/mol. The highest BCUT2D eigenvalue weighted by Gasteiger charge is 2.22. The van der Waals surface area contributed by atoms with Crippen LogP contribution in [0, 0.1) is 11.8 Å². The van der Waals surface area contributed by atoms with Gasteiger partial charge in [0.2, 0.25) is 5.91 Å². The molecule has 108 valence electrons. The lowest BCUT2D eigenvalue weighted by Crippen LogP contribution is -2.37. The Balaban J connectivity index is 1.87. The van der Waals surface area contributed by atoms with Gasteiger partial charge in [-0.05, 0) is 24.5 Å². The van der Waals surface area contributed by atoms with Gasteiger partial charge in [0, 0.05) is 29.5 Å². The van der Waals surface area contributed by atoms with Crippen molar-refractivity contribution in [3.8, 4) is 0 Å². The van der Waals surface area contributed by atoms with E-state index in [2.05, 4.69) is 5.32 Å². The summed E-state index contributed by atoms with van der Waals surface area (Å²) >= 11 is 6.11. The molecular weight excluding hydrogens is 274 g/mol. The van der Waals surface area contributed by atoms with Gasteiger partial charge < -0.3 is 10.4 Å². The van der Waals surface area contributed by atoms with Crippen LogP contribution < -0.4 is 5.32 Å². The summed E-state index contributed by atoms with van der Waals surface area (Å²) in [5, 5.41) is 12.8. The molecule has 0 bridgehead atoms. The number of carbonyl (C=O) groups excluding carboxylic acids is 1. The zero-order valence-electron chi connectivity index (χ0n) is 11.6. The van der Waals surface area contributed by atoms with Crippen molar-refractivity contribution in [2.24, 2.45) is 11.8 Å². The van der Waals surface area contributed by atoms with E-state index in [0.717, 1.165) is 12.0 Å². The van der Waals surface area contributed by atoms with Gasteiger partial charge in [0.1, 0.15) is 0 Å². The first kappa shape index (κ1) is 15.1. The van der Waals surface area contributed by atoms with Gasteiger partial charge in [0.25, 0.3) is 0 Å². The summed E-state index contributed by atoms with van der Waals surface area (Å²) in [4.78, 5) is 12.2. The van der Waals surface area contributed by atoms with Crippen LogP contribution in [0.1, 0.15) is 18.9 Å². The summed E-state index contributed by atoms with van der Waals surface area (Å²) < 4.78 is 0. The van der Waals surface area contributed by atoms with Crippen LogP contribution in [0.3, 0.4) is 0 Å². The maximum Gasteiger partial charge on any atom is 0.223 e. The predicted octanol–water partition coefficient (Wildman–Crippen LogP) is 2.57. The SMILES string of the molecule is C[C@@H](Cc1ccccc1Cl)C(=O)N[C@@H]1C=C[C@H](CO)C1. The molecule has 1 amide bonds. The van der Waals surface area contributed by atoms with Crippen molar-refractivity contribution in [3.05, 3.63) is 47.0 Å². The summed E-state index contributed by atoms with van der Waals surface area (Å²) in [7, 11) is 0. The molecular formula is C16H20ClNO2. The van der Waals surface area contributed by atoms with Crippen LogP contribution in [-0.2, 0) is 11.2 Å². The zero-order chi connectivity index (χ0) is 14.5. The highest BCUT2D eigenvalue weighted by atomic mass is 35.5. The minimum atomic E-state index is -0.128. The molecule has 1 aromatic rings. The number of aliphatic hydroxyl groups excluding tert-OH is 1. The summed E-state index contributed by atoms with van der Waals surface area (Å²) in [5.74, 6) is 0.0637. The number of carbonyl (C=O) groups is 1. The second-order valence-electron chi connectivity index (χ2n) is 5.37. The molecule has 20 heavy (non-hydrogen) atoms. The average Bonchev–Trinajstić information content (AvgIpc) is 2.89. The van der Waals surface area contributed by atoms with Crippen molar-refractivity contribution in [2.45, 2.75) is 25.8 Å². The van der Waals surface area contributed by atoms with Crippen molar-refractivity contribution < 1.29 is 9.90 Å². The van der Waals surface area contributed by atoms with E-state index in [1.54, 1.807) is 0 Å². The molecule has 3 atom stereocenters. The third kappa shape index (κ3) is 3.84. The Labute approximate surface area is 124 Å². The Morgan fingerprint density at radius 2 is 2.20 bits per heavy atom. The maximum atomic E-state index is 12.2. The number of rotatable bonds is 5. The van der Waals surface area contributed by atoms with Crippen LogP contribution in [0.25, 0.3) is 0 Å². The van der Waals surface area contributed by atoms with Crippen molar-refractivity contribution >= 4 is 17.5 Å². The van der Waals surface area contributed by atoms with Gasteiger partial charge in [-0.2, -0.15) is 0 Å². The van der Waals surface area contributed by atoms with E-state index in [1.807, 2.05) is 43.3 Å². The van der Waals surface area contributed by atoms with Crippen molar-refractivity contribution in [3.63, 3.8) is 0 Å². The molecule has 0 aromatic heterocycles. The molecule has 0 aliphatic heterocycles. The fourth-order valence-corrected chi connectivity index (χ4v) is 2.64. The summed E-state index contributed by atoms with van der Waals surface area (Å²) in [6.45, 7) is 2.04. The molecule has 0 radical (unpaired) electrons. The van der Waals surface area contributed by atoms with Crippen molar-refractivity contribution in [1.82, 2.24) is 5.32 Å². The molecule has 0 saturated carbocycles. The molecule has 2 rings (SSSR count). The summed E-state index contributed by atoms with van der Waals surface area (Å²) in [6, 6.07) is 7.64. The first-order valence-electron chi connectivity index (χ1n) is 6.93. The lowest BCUT2D eigenvalue weighted by Gasteiger charge is -2.17. The highest BCUT2D eigenvalue weighted by molar-refractivity contribution is 6.31. The minimum absolute atomic E-state index is 0.0261. The van der Waals surface area contributed by atoms with E-state index in [4.69, 9.17) is 16.7 Å². The normalized spacial score (nSPS) is 22.8. The maximum absolute atomic E-state index is 12.2. The van der Waals surface area contributed by atoms with Gasteiger partial charge >= 0.3 is 0 Å². The molecule has 1 aliphatic rings. The molecule has 1 aromatic carbocycles. The van der Waals surface area contributed by atoms with Crippen LogP contribution in [-0.4, -0.2) is 23.7 Å². The summed E-state index contributed by atoms with van der Waals surface area (Å²) in [5.41, 5.74) is 0.993. The molecule has 1 aliphatic carbocycles. The monoisotopic (exact) mass is 293 g/mol. The van der Waals surface area contributed by atoms with Crippen LogP contribution in [0.2, 0.25) is 5.02 Å². The molecule has 3 nitrogen and oxygen atoms in total. The highest BCUT2D eigenvalue weighted by Crippen LogP contribution is 2.20. The Bertz CT molecular complexity index is 501. The Hall–Kier alpha value is -1.32. The zero-order valence-corrected chi connectivity index (χ0v) is 12.3. The third-order valence-corrected chi connectivity index (χ3v) is 4.03. The van der Waals surface area contributed by atoms with E-state index in [0.29, 0.717) is 11.4 Å². The molecule has 0 saturated heterocycles. The lowest BCUT2D eigenvalue weighted by molar-refractivity contribution is -0.124. The number of benzene rings is 1. The molecule has 0 heterocycles. The number of hydrogen-bond acceptors (Lipinski definition) is 2. The standard InChI is InChI=1S/C16H20ClNO2/c1-11(8-13-4-2-3-5-15(13)17)16(20)18-14-7-6-12(9-14)10-19/h2-7,11-12,14,19H,8-10H2,1H3,(H,18,20)/t11-,12-,14+/m0/s1. The minimum Gasteiger partial charge on any atom is -0.396 e. The van der Waals surface area contributed by atoms with Crippen LogP contribution in [0.15, 0.2) is 36.4 Å². The van der Waals surface area contributed by atoms with E-state index in [1.165, 1.54) is 0 Å². The van der Waals surface area contributed by atoms with Crippen LogP contribution >= 0.6 is 11.6 Å². The fraction of sp³-hybridized carbons (Fsp3) is 0.438. The third-order valence-electron chi connectivity index (χ3n) is 3.67. The number of amides is 1. The van der Waals surface area contributed by atoms with Gasteiger partial charge in [-0.1, -0.05) is 48.9 Å². The lowest BCUT2D eigenvalue weighted by atomic mass is 9.99. The van der Waals surface area contributed by atoms with E-state index < -0.39 is 0 Å². The van der Waals surface area contributed by atoms with Gasteiger partial charge in [0.05, 0.1) is 0 Å². The van der Waals surface area contributed by atoms with E-state index in [-0.39, 0.29) is 30.4 Å². The van der Waals surface area contributed by atoms with E-state index in [9.17, 15) is 4.79 Å². The molecule has 2 N–H and O–H groups in total. The van der Waals surface area contributed by atoms with Crippen LogP contribution in [0.5, 0.6) is 0 Å². The second kappa shape index (κ2) is 6.91. The molecule has 0 fully saturated rings. The number of aliphatic hydroxyl groups is 1. The Morgan fingerprint density at radius 3 is 2.85 bits per heavy atom. The number of nitrogens with one attached hydrogen (secondary N) is 1. The molecule has 4 heteroatoms. The number of halogens is 1. The van der Waals surface area contributed by atoms with Crippen molar-refractivity contribution in [1.29, 1.82) is 0 Å². The average molecular weight is 294 g/mol. The topological polar surface area (TPSA) is 49.3 Å². The van der Waals surface area contributed by atoms with Crippen molar-refractivity contribution in [2.75, 3.05) is 6.61 Å². The molecule has 0 spiro atoms. The van der Waals surface area contributed by atoms with E-state index >= 15 is 0 Å². The Kier molecular flexibility index (Phi) is 5.21. The Morgan fingerprint density at radius 1 is 1.45 bits per heavy atom. The largest absolute Gasteiger partial charge is 0.396 e. The molecule has 0 unspecified atom stereocenters. The summed E-state index contributed by atoms with van der Waals surface area (Å²) in [6.07, 6.45) is 5.33. The smallest absolute Gasteiger partial charge is 0.223 e. The first-order chi connectivity index (χ1) is 9.60. The second-order valence-corrected chi connectivity index (χ2v) is 5.78. The van der Waals surface area contributed by atoms with Gasteiger partial charge in [-0.15, -0.1) is 0 Å².